The van der Waals surface area contributed by atoms with E-state index in [1.807, 2.05) is 98.8 Å². The Kier molecular flexibility index (Phi) is 7.43. The van der Waals surface area contributed by atoms with Crippen molar-refractivity contribution in [3.63, 3.8) is 0 Å². The number of methoxy groups -OCH3 is 2. The Labute approximate surface area is 228 Å². The van der Waals surface area contributed by atoms with E-state index in [0.717, 1.165) is 47.9 Å². The number of anilines is 1. The average Bonchev–Trinajstić information content (AvgIpc) is 2.94. The molecule has 0 bridgehead atoms. The van der Waals surface area contributed by atoms with E-state index in [0.29, 0.717) is 17.1 Å². The van der Waals surface area contributed by atoms with Crippen LogP contribution in [0, 0.1) is 13.8 Å². The second-order valence-electron chi connectivity index (χ2n) is 8.84. The van der Waals surface area contributed by atoms with Gasteiger partial charge >= 0.3 is 229 Å². The molecule has 0 saturated carbocycles. The molecule has 0 atom stereocenters. The quantitative estimate of drug-likeness (QED) is 0.287. The fraction of sp³-hybridized carbons (Fsp3) is 0.129. The third-order valence-electron chi connectivity index (χ3n) is 6.31. The first kappa shape index (κ1) is 25.5. The van der Waals surface area contributed by atoms with Crippen molar-refractivity contribution in [3.05, 3.63) is 102 Å². The van der Waals surface area contributed by atoms with Gasteiger partial charge in [0.15, 0.2) is 0 Å². The van der Waals surface area contributed by atoms with Crippen LogP contribution in [0.25, 0.3) is 22.2 Å². The van der Waals surface area contributed by atoms with Crippen LogP contribution in [0.5, 0.6) is 11.5 Å². The number of fused-ring (bicyclic) bond motifs is 1. The molecule has 1 N–H and O–H groups in total. The number of hydrogen-bond acceptors (Lipinski definition) is 5. The normalized spacial score (nSPS) is 11.2. The van der Waals surface area contributed by atoms with Gasteiger partial charge in [0.05, 0.1) is 0 Å². The molecule has 1 amide bonds. The Morgan fingerprint density at radius 1 is 0.789 bits per heavy atom. The fourth-order valence-corrected chi connectivity index (χ4v) is 6.07. The fourth-order valence-electron chi connectivity index (χ4n) is 4.31. The molecule has 4 aromatic carbocycles. The van der Waals surface area contributed by atoms with Crippen LogP contribution in [0.15, 0.2) is 84.9 Å². The van der Waals surface area contributed by atoms with Crippen LogP contribution in [0.1, 0.15) is 21.5 Å². The maximum atomic E-state index is 12.9. The molecule has 1 radical (unpaired) electrons. The summed E-state index contributed by atoms with van der Waals surface area (Å²) in [5.74, 6) is 1.13. The predicted octanol–water partition coefficient (Wildman–Crippen LogP) is 4.84. The number of aromatic nitrogens is 2. The van der Waals surface area contributed by atoms with Gasteiger partial charge in [-0.05, 0) is 0 Å². The summed E-state index contributed by atoms with van der Waals surface area (Å²) in [5.41, 5.74) is 6.21. The molecule has 7 heteroatoms. The Bertz CT molecular complexity index is 1600. The molecule has 1 aromatic heterocycles. The zero-order valence-corrected chi connectivity index (χ0v) is 23.5. The van der Waals surface area contributed by atoms with Gasteiger partial charge in [-0.1, -0.05) is 0 Å². The summed E-state index contributed by atoms with van der Waals surface area (Å²) in [6, 6.07) is 27.6. The SMILES string of the molecule is COc1cc2nc([As]c3ccc(C(=O)Nc4c(C)cccc4C)cc3)nc(-c3ccccc3)c2cc1OC. The van der Waals surface area contributed by atoms with Gasteiger partial charge < -0.3 is 0 Å². The Morgan fingerprint density at radius 2 is 1.45 bits per heavy atom. The number of nitrogens with zero attached hydrogens (tertiary/aromatic N) is 2. The monoisotopic (exact) mass is 564 g/mol. The number of nitrogens with one attached hydrogen (secondary N) is 1. The van der Waals surface area contributed by atoms with Crippen LogP contribution < -0.4 is 23.8 Å². The van der Waals surface area contributed by atoms with E-state index >= 15 is 0 Å². The van der Waals surface area contributed by atoms with E-state index in [1.165, 1.54) is 0 Å². The molecule has 0 spiro atoms. The molecule has 38 heavy (non-hydrogen) atoms. The minimum atomic E-state index is -0.520. The van der Waals surface area contributed by atoms with Gasteiger partial charge in [0.2, 0.25) is 0 Å². The van der Waals surface area contributed by atoms with Gasteiger partial charge in [0.25, 0.3) is 0 Å². The molecule has 0 fully saturated rings. The van der Waals surface area contributed by atoms with E-state index in [4.69, 9.17) is 19.4 Å². The van der Waals surface area contributed by atoms with Gasteiger partial charge in [-0.3, -0.25) is 0 Å². The van der Waals surface area contributed by atoms with Crippen molar-refractivity contribution in [2.45, 2.75) is 13.8 Å². The Balaban J connectivity index is 1.46. The summed E-state index contributed by atoms with van der Waals surface area (Å²) < 4.78 is 12.9. The third kappa shape index (κ3) is 5.27. The molecular weight excluding hydrogens is 537 g/mol. The Hall–Kier alpha value is -4.15. The van der Waals surface area contributed by atoms with Crippen LogP contribution in [0.2, 0.25) is 0 Å². The van der Waals surface area contributed by atoms with Gasteiger partial charge in [-0.2, -0.15) is 0 Å². The van der Waals surface area contributed by atoms with E-state index < -0.39 is 15.8 Å². The molecule has 5 aromatic rings. The van der Waals surface area contributed by atoms with Gasteiger partial charge in [-0.15, -0.1) is 0 Å². The molecule has 189 valence electrons. The van der Waals surface area contributed by atoms with Gasteiger partial charge in [0.1, 0.15) is 0 Å². The number of rotatable bonds is 7. The second kappa shape index (κ2) is 11.1. The third-order valence-corrected chi connectivity index (χ3v) is 8.32. The molecule has 1 heterocycles. The summed E-state index contributed by atoms with van der Waals surface area (Å²) >= 11 is -0.520. The van der Waals surface area contributed by atoms with Crippen LogP contribution in [0.3, 0.4) is 0 Å². The summed E-state index contributed by atoms with van der Waals surface area (Å²) in [5, 5.41) is 3.95. The van der Waals surface area contributed by atoms with Crippen molar-refractivity contribution in [1.82, 2.24) is 9.97 Å². The minimum absolute atomic E-state index is 0.125. The van der Waals surface area contributed by atoms with Crippen molar-refractivity contribution < 1.29 is 14.3 Å². The summed E-state index contributed by atoms with van der Waals surface area (Å²) in [6.07, 6.45) is 0. The summed E-state index contributed by atoms with van der Waals surface area (Å²) in [6.45, 7) is 3.99. The number of carbonyl (C=O) groups is 1. The number of carbonyl (C=O) groups excluding carboxylic acids is 1. The number of benzene rings is 4. The molecule has 5 rings (SSSR count). The zero-order chi connectivity index (χ0) is 26.6. The number of para-hydroxylation sites is 1. The van der Waals surface area contributed by atoms with Crippen molar-refractivity contribution >= 4 is 47.2 Å². The van der Waals surface area contributed by atoms with Crippen molar-refractivity contribution in [2.24, 2.45) is 0 Å². The summed E-state index contributed by atoms with van der Waals surface area (Å²) in [4.78, 5) is 22.8. The van der Waals surface area contributed by atoms with Crippen molar-refractivity contribution in [3.8, 4) is 22.8 Å². The predicted molar refractivity (Wildman–Crippen MR) is 153 cm³/mol. The molecule has 0 unspecified atom stereocenters. The topological polar surface area (TPSA) is 73.3 Å². The van der Waals surface area contributed by atoms with Crippen molar-refractivity contribution in [1.29, 1.82) is 0 Å². The number of hydrogen-bond donors (Lipinski definition) is 1. The van der Waals surface area contributed by atoms with Crippen LogP contribution in [0.4, 0.5) is 5.69 Å². The second-order valence-corrected chi connectivity index (χ2v) is 11.2. The van der Waals surface area contributed by atoms with Crippen LogP contribution in [-0.4, -0.2) is 45.8 Å². The molecule has 0 aliphatic rings. The van der Waals surface area contributed by atoms with Crippen molar-refractivity contribution in [2.75, 3.05) is 19.5 Å². The zero-order valence-electron chi connectivity index (χ0n) is 21.6. The maximum absolute atomic E-state index is 12.9. The molecular formula is C31H27AsN3O3. The van der Waals surface area contributed by atoms with Gasteiger partial charge in [0, 0.05) is 0 Å². The molecule has 0 aliphatic heterocycles. The number of amides is 1. The van der Waals surface area contributed by atoms with E-state index in [1.54, 1.807) is 14.2 Å². The number of aryl methyl sites for hydroxylation is 2. The Morgan fingerprint density at radius 3 is 2.11 bits per heavy atom. The first-order chi connectivity index (χ1) is 18.5. The van der Waals surface area contributed by atoms with Crippen LogP contribution >= 0.6 is 0 Å². The first-order valence-corrected chi connectivity index (χ1v) is 14.0. The average molecular weight is 564 g/mol. The summed E-state index contributed by atoms with van der Waals surface area (Å²) in [7, 11) is 3.24. The molecule has 0 saturated heterocycles. The number of ether oxygens (including phenoxy) is 2. The van der Waals surface area contributed by atoms with Crippen LogP contribution in [-0.2, 0) is 0 Å². The van der Waals surface area contributed by atoms with E-state index in [9.17, 15) is 4.79 Å². The molecule has 6 nitrogen and oxygen atoms in total. The molecule has 0 aliphatic carbocycles. The standard InChI is InChI=1S/C31H27AsN3O3/c1-19-9-8-10-20(2)28(19)34-30(36)22-13-15-23(16-14-22)32-31-33-25-18-27(38-4)26(37-3)17-24(25)29(35-31)21-11-6-5-7-12-21/h5-18H,1-4H3,(H,34,36). The van der Waals surface area contributed by atoms with E-state index in [-0.39, 0.29) is 5.91 Å². The van der Waals surface area contributed by atoms with Gasteiger partial charge in [-0.25, -0.2) is 0 Å². The first-order valence-electron chi connectivity index (χ1n) is 12.2. The van der Waals surface area contributed by atoms with E-state index in [2.05, 4.69) is 5.32 Å².